The average molecular weight is 209 g/mol. The van der Waals surface area contributed by atoms with Gasteiger partial charge in [0, 0.05) is 25.5 Å². The molecule has 1 saturated carbocycles. The molecule has 2 atom stereocenters. The molecule has 0 heterocycles. The van der Waals surface area contributed by atoms with Crippen LogP contribution >= 0.6 is 0 Å². The van der Waals surface area contributed by atoms with Crippen LogP contribution in [0.2, 0.25) is 0 Å². The zero-order chi connectivity index (χ0) is 7.56. The van der Waals surface area contributed by atoms with E-state index in [1.807, 2.05) is 0 Å². The van der Waals surface area contributed by atoms with Crippen LogP contribution in [0.1, 0.15) is 25.7 Å². The molecule has 0 spiro atoms. The van der Waals surface area contributed by atoms with E-state index in [9.17, 15) is 4.79 Å². The van der Waals surface area contributed by atoms with Gasteiger partial charge in [-0.25, -0.2) is 0 Å². The summed E-state index contributed by atoms with van der Waals surface area (Å²) in [5.41, 5.74) is 5.60. The third-order valence-electron chi connectivity index (χ3n) is 2.14. The third-order valence-corrected chi connectivity index (χ3v) is 2.14. The normalized spacial score (nSPS) is 30.6. The van der Waals surface area contributed by atoms with E-state index >= 15 is 0 Å². The standard InChI is InChI=1S/C7H13NO2.Zn/c8-6-4-2-1-3-5(6)7(9)10;/h5-6H,1-4,8H2,(H,9,10);. The van der Waals surface area contributed by atoms with Gasteiger partial charge < -0.3 is 10.8 Å². The number of hydrogen-bond acceptors (Lipinski definition) is 2. The molecule has 0 bridgehead atoms. The average Bonchev–Trinajstić information content (AvgIpc) is 1.88. The van der Waals surface area contributed by atoms with Gasteiger partial charge in [-0.1, -0.05) is 12.8 Å². The molecule has 3 nitrogen and oxygen atoms in total. The minimum atomic E-state index is -0.729. The van der Waals surface area contributed by atoms with Gasteiger partial charge in [-0.15, -0.1) is 0 Å². The molecule has 1 aliphatic carbocycles. The molecule has 1 fully saturated rings. The maximum absolute atomic E-state index is 10.5. The van der Waals surface area contributed by atoms with Gasteiger partial charge in [0.1, 0.15) is 0 Å². The van der Waals surface area contributed by atoms with Gasteiger partial charge in [0.25, 0.3) is 0 Å². The Morgan fingerprint density at radius 1 is 1.36 bits per heavy atom. The van der Waals surface area contributed by atoms with Gasteiger partial charge in [0.15, 0.2) is 0 Å². The van der Waals surface area contributed by atoms with E-state index in [2.05, 4.69) is 0 Å². The molecule has 3 N–H and O–H groups in total. The van der Waals surface area contributed by atoms with Crippen LogP contribution in [0.25, 0.3) is 0 Å². The summed E-state index contributed by atoms with van der Waals surface area (Å²) in [6.07, 6.45) is 3.74. The van der Waals surface area contributed by atoms with E-state index in [1.165, 1.54) is 0 Å². The van der Waals surface area contributed by atoms with E-state index in [1.54, 1.807) is 0 Å². The molecule has 1 rings (SSSR count). The molecule has 0 amide bonds. The first kappa shape index (κ1) is 11.1. The number of carboxylic acid groups (broad SMARTS) is 1. The van der Waals surface area contributed by atoms with E-state index in [4.69, 9.17) is 10.8 Å². The fourth-order valence-corrected chi connectivity index (χ4v) is 1.47. The van der Waals surface area contributed by atoms with Crippen molar-refractivity contribution in [2.45, 2.75) is 31.7 Å². The number of nitrogens with two attached hydrogens (primary N) is 1. The van der Waals surface area contributed by atoms with Gasteiger partial charge in [-0.05, 0) is 12.8 Å². The Balaban J connectivity index is 0.000001000. The van der Waals surface area contributed by atoms with Gasteiger partial charge in [0.2, 0.25) is 0 Å². The molecule has 60 valence electrons. The summed E-state index contributed by atoms with van der Waals surface area (Å²) in [6, 6.07) is -0.105. The van der Waals surface area contributed by atoms with Crippen LogP contribution in [0.5, 0.6) is 0 Å². The fourth-order valence-electron chi connectivity index (χ4n) is 1.47. The molecule has 1 aliphatic rings. The molecule has 0 aliphatic heterocycles. The van der Waals surface area contributed by atoms with E-state index in [0.29, 0.717) is 0 Å². The van der Waals surface area contributed by atoms with Crippen molar-refractivity contribution in [2.75, 3.05) is 0 Å². The van der Waals surface area contributed by atoms with Crippen LogP contribution < -0.4 is 5.73 Å². The minimum Gasteiger partial charge on any atom is -0.481 e. The Hall–Kier alpha value is 0.0534. The summed E-state index contributed by atoms with van der Waals surface area (Å²) in [4.78, 5) is 10.5. The van der Waals surface area contributed by atoms with Crippen molar-refractivity contribution >= 4 is 5.97 Å². The molecule has 0 aromatic carbocycles. The van der Waals surface area contributed by atoms with Gasteiger partial charge in [-0.2, -0.15) is 0 Å². The van der Waals surface area contributed by atoms with Crippen LogP contribution in [0.15, 0.2) is 0 Å². The van der Waals surface area contributed by atoms with Gasteiger partial charge in [-0.3, -0.25) is 4.79 Å². The van der Waals surface area contributed by atoms with Crippen LogP contribution in [0.3, 0.4) is 0 Å². The second-order valence-electron chi connectivity index (χ2n) is 2.89. The van der Waals surface area contributed by atoms with Crippen LogP contribution in [-0.4, -0.2) is 17.1 Å². The molecular formula is C7H13NO2Zn. The summed E-state index contributed by atoms with van der Waals surface area (Å²) in [5.74, 6) is -1.01. The molecule has 0 aromatic rings. The van der Waals surface area contributed by atoms with E-state index in [-0.39, 0.29) is 31.4 Å². The Morgan fingerprint density at radius 3 is 2.27 bits per heavy atom. The van der Waals surface area contributed by atoms with Crippen LogP contribution in [-0.2, 0) is 24.3 Å². The first-order valence-corrected chi connectivity index (χ1v) is 3.70. The second-order valence-corrected chi connectivity index (χ2v) is 2.89. The number of carboxylic acids is 1. The van der Waals surface area contributed by atoms with Crippen LogP contribution in [0.4, 0.5) is 0 Å². The van der Waals surface area contributed by atoms with Gasteiger partial charge in [0.05, 0.1) is 5.92 Å². The Kier molecular flexibility index (Phi) is 4.86. The molecule has 4 heteroatoms. The molecule has 2 unspecified atom stereocenters. The molecule has 0 saturated heterocycles. The summed E-state index contributed by atoms with van der Waals surface area (Å²) < 4.78 is 0. The number of hydrogen-bond donors (Lipinski definition) is 2. The predicted octanol–water partition coefficient (Wildman–Crippen LogP) is 0.586. The van der Waals surface area contributed by atoms with E-state index in [0.717, 1.165) is 25.7 Å². The zero-order valence-electron chi connectivity index (χ0n) is 6.62. The van der Waals surface area contributed by atoms with Crippen molar-refractivity contribution in [3.05, 3.63) is 0 Å². The summed E-state index contributed by atoms with van der Waals surface area (Å²) >= 11 is 0. The van der Waals surface area contributed by atoms with Gasteiger partial charge >= 0.3 is 5.97 Å². The third kappa shape index (κ3) is 2.88. The summed E-state index contributed by atoms with van der Waals surface area (Å²) in [6.45, 7) is 0. The van der Waals surface area contributed by atoms with Crippen molar-refractivity contribution in [3.63, 3.8) is 0 Å². The number of rotatable bonds is 1. The number of aliphatic carboxylic acids is 1. The van der Waals surface area contributed by atoms with Crippen LogP contribution in [0, 0.1) is 5.92 Å². The smallest absolute Gasteiger partial charge is 0.308 e. The molecule has 0 aromatic heterocycles. The Labute approximate surface area is 79.1 Å². The first-order valence-electron chi connectivity index (χ1n) is 3.70. The maximum Gasteiger partial charge on any atom is 0.308 e. The number of carbonyl (C=O) groups is 1. The first-order chi connectivity index (χ1) is 4.72. The fraction of sp³-hybridized carbons (Fsp3) is 0.857. The quantitative estimate of drug-likeness (QED) is 0.620. The van der Waals surface area contributed by atoms with Crippen molar-refractivity contribution in [1.82, 2.24) is 0 Å². The summed E-state index contributed by atoms with van der Waals surface area (Å²) in [5, 5.41) is 8.63. The molecular weight excluding hydrogens is 195 g/mol. The van der Waals surface area contributed by atoms with Crippen molar-refractivity contribution < 1.29 is 29.4 Å². The Bertz CT molecular complexity index is 140. The zero-order valence-corrected chi connectivity index (χ0v) is 9.59. The largest absolute Gasteiger partial charge is 0.481 e. The minimum absolute atomic E-state index is 0. The van der Waals surface area contributed by atoms with Crippen molar-refractivity contribution in [1.29, 1.82) is 0 Å². The second kappa shape index (κ2) is 4.84. The molecule has 11 heavy (non-hydrogen) atoms. The Morgan fingerprint density at radius 2 is 1.91 bits per heavy atom. The summed E-state index contributed by atoms with van der Waals surface area (Å²) in [7, 11) is 0. The van der Waals surface area contributed by atoms with Crippen molar-refractivity contribution in [2.24, 2.45) is 11.7 Å². The maximum atomic E-state index is 10.5. The van der Waals surface area contributed by atoms with Crippen molar-refractivity contribution in [3.8, 4) is 0 Å². The molecule has 0 radical (unpaired) electrons. The topological polar surface area (TPSA) is 63.3 Å². The predicted molar refractivity (Wildman–Crippen MR) is 37.6 cm³/mol. The van der Waals surface area contributed by atoms with E-state index < -0.39 is 5.97 Å². The SMILES string of the molecule is NC1CCCCC1C(=O)O.[Zn]. The monoisotopic (exact) mass is 207 g/mol.